The van der Waals surface area contributed by atoms with Gasteiger partial charge in [-0.15, -0.1) is 11.3 Å². The van der Waals surface area contributed by atoms with Crippen LogP contribution in [0.2, 0.25) is 0 Å². The minimum absolute atomic E-state index is 0.257. The third-order valence-corrected chi connectivity index (χ3v) is 12.8. The number of thiophene rings is 1. The molecule has 3 heterocycles. The van der Waals surface area contributed by atoms with Crippen molar-refractivity contribution < 1.29 is 0 Å². The highest BCUT2D eigenvalue weighted by molar-refractivity contribution is 7.20. The molecule has 0 fully saturated rings. The summed E-state index contributed by atoms with van der Waals surface area (Å²) in [6, 6.07) is 54.4. The van der Waals surface area contributed by atoms with E-state index in [4.69, 9.17) is 9.98 Å². The molecule has 5 heteroatoms. The highest BCUT2D eigenvalue weighted by Gasteiger charge is 2.36. The Morgan fingerprint density at radius 1 is 0.696 bits per heavy atom. The molecule has 4 nitrogen and oxygen atoms in total. The average Bonchev–Trinajstić information content (AvgIpc) is 3.82. The Bertz CT molecular complexity index is 2780. The van der Waals surface area contributed by atoms with Crippen molar-refractivity contribution >= 4 is 50.5 Å². The van der Waals surface area contributed by atoms with Gasteiger partial charge in [-0.1, -0.05) is 152 Å². The molecule has 0 bridgehead atoms. The van der Waals surface area contributed by atoms with Crippen molar-refractivity contribution in [2.75, 3.05) is 4.90 Å². The second kappa shape index (κ2) is 13.6. The van der Waals surface area contributed by atoms with Gasteiger partial charge in [-0.3, -0.25) is 0 Å². The van der Waals surface area contributed by atoms with Gasteiger partial charge in [-0.05, 0) is 76.4 Å². The zero-order chi connectivity index (χ0) is 37.0. The first-order valence-corrected chi connectivity index (χ1v) is 20.3. The predicted molar refractivity (Wildman–Crippen MR) is 234 cm³/mol. The van der Waals surface area contributed by atoms with Crippen molar-refractivity contribution in [3.63, 3.8) is 0 Å². The van der Waals surface area contributed by atoms with E-state index in [2.05, 4.69) is 180 Å². The lowest BCUT2D eigenvalue weighted by molar-refractivity contribution is 0.674. The summed E-state index contributed by atoms with van der Waals surface area (Å²) in [5.41, 5.74) is 13.5. The summed E-state index contributed by atoms with van der Waals surface area (Å²) >= 11 is 1.93. The molecule has 4 aliphatic rings. The first kappa shape index (κ1) is 32.8. The van der Waals surface area contributed by atoms with Gasteiger partial charge in [0.2, 0.25) is 0 Å². The van der Waals surface area contributed by atoms with Gasteiger partial charge in [0, 0.05) is 49.5 Å². The number of hydrogen-bond donors (Lipinski definition) is 1. The molecule has 7 aromatic rings. The molecule has 56 heavy (non-hydrogen) atoms. The summed E-state index contributed by atoms with van der Waals surface area (Å²) in [6.07, 6.45) is 13.3. The maximum atomic E-state index is 5.25. The van der Waals surface area contributed by atoms with Gasteiger partial charge in [0.05, 0.1) is 5.69 Å². The fraction of sp³-hybridized carbons (Fsp3) is 0.0980. The predicted octanol–water partition coefficient (Wildman–Crippen LogP) is 12.5. The van der Waals surface area contributed by atoms with Crippen LogP contribution in [0.5, 0.6) is 0 Å². The number of nitrogens with zero attached hydrogens (tertiary/aromatic N) is 3. The summed E-state index contributed by atoms with van der Waals surface area (Å²) in [7, 11) is 0. The molecule has 0 saturated carbocycles. The Hall–Kier alpha value is -6.56. The molecule has 0 spiro atoms. The molecular weight excluding hydrogens is 701 g/mol. The van der Waals surface area contributed by atoms with E-state index < -0.39 is 0 Å². The Morgan fingerprint density at radius 3 is 2.18 bits per heavy atom. The second-order valence-electron chi connectivity index (χ2n) is 14.9. The van der Waals surface area contributed by atoms with Crippen LogP contribution in [-0.4, -0.2) is 11.7 Å². The quantitative estimate of drug-likeness (QED) is 0.185. The maximum Gasteiger partial charge on any atom is 0.159 e. The maximum absolute atomic E-state index is 5.25. The molecule has 3 unspecified atom stereocenters. The SMILES string of the molecule is C1=CCC2C(=C1)N(c1cc(-c3ccccc3)c3sc4c(c3c1)CC(c1ccccc1)C=C4)c1cc(C3=NC(c4ccccc4)NC(c4ccccc4)=N3)ccc12. The smallest absolute Gasteiger partial charge is 0.159 e. The zero-order valence-corrected chi connectivity index (χ0v) is 31.5. The standard InChI is InChI=1S/C51H38N4S/c1-5-15-33(16-6-1)37-26-28-47-43(29-37)44-32-39(31-42(48(44)56-47)34-17-7-2-8-18-34)55-45-24-14-13-23-40(45)41-27-25-38(30-46(41)55)51-53-49(35-19-9-3-10-20-35)52-50(54-51)36-21-11-4-12-22-36/h1-22,24-28,30-32,37,40,49H,23,29H2,(H,52,53,54). The van der Waals surface area contributed by atoms with Crippen LogP contribution in [0.4, 0.5) is 11.4 Å². The van der Waals surface area contributed by atoms with Crippen LogP contribution in [0.1, 0.15) is 62.7 Å². The molecule has 1 aromatic heterocycles. The number of hydrogen-bond acceptors (Lipinski definition) is 5. The summed E-state index contributed by atoms with van der Waals surface area (Å²) in [6.45, 7) is 0. The monoisotopic (exact) mass is 738 g/mol. The number of rotatable bonds is 6. The third kappa shape index (κ3) is 5.66. The van der Waals surface area contributed by atoms with Gasteiger partial charge < -0.3 is 10.2 Å². The van der Waals surface area contributed by atoms with Crippen LogP contribution in [0.3, 0.4) is 0 Å². The third-order valence-electron chi connectivity index (χ3n) is 11.6. The van der Waals surface area contributed by atoms with Crippen molar-refractivity contribution in [3.05, 3.63) is 220 Å². The molecule has 0 saturated heterocycles. The normalized spacial score (nSPS) is 19.4. The van der Waals surface area contributed by atoms with Crippen LogP contribution in [0.15, 0.2) is 192 Å². The van der Waals surface area contributed by atoms with Crippen LogP contribution < -0.4 is 10.2 Å². The second-order valence-corrected chi connectivity index (χ2v) is 16.0. The minimum atomic E-state index is -0.257. The Kier molecular flexibility index (Phi) is 7.99. The fourth-order valence-electron chi connectivity index (χ4n) is 8.84. The van der Waals surface area contributed by atoms with Crippen LogP contribution in [0, 0.1) is 0 Å². The number of allylic oxidation sites excluding steroid dienone is 5. The Balaban J connectivity index is 1.08. The topological polar surface area (TPSA) is 40.0 Å². The van der Waals surface area contributed by atoms with Crippen LogP contribution in [-0.2, 0) is 6.42 Å². The van der Waals surface area contributed by atoms with Crippen molar-refractivity contribution in [3.8, 4) is 11.1 Å². The van der Waals surface area contributed by atoms with E-state index in [1.807, 2.05) is 23.5 Å². The summed E-state index contributed by atoms with van der Waals surface area (Å²) in [4.78, 5) is 14.3. The summed E-state index contributed by atoms with van der Waals surface area (Å²) in [5, 5.41) is 4.97. The van der Waals surface area contributed by atoms with Gasteiger partial charge in [0.15, 0.2) is 5.84 Å². The number of anilines is 2. The van der Waals surface area contributed by atoms with E-state index in [9.17, 15) is 0 Å². The van der Waals surface area contributed by atoms with Crippen LogP contribution >= 0.6 is 11.3 Å². The van der Waals surface area contributed by atoms with E-state index in [1.165, 1.54) is 59.9 Å². The number of amidine groups is 2. The van der Waals surface area contributed by atoms with Gasteiger partial charge in [-0.2, -0.15) is 0 Å². The van der Waals surface area contributed by atoms with E-state index in [0.717, 1.165) is 41.2 Å². The molecule has 2 aliphatic heterocycles. The molecule has 6 aromatic carbocycles. The molecule has 3 atom stereocenters. The highest BCUT2D eigenvalue weighted by Crippen LogP contribution is 2.53. The van der Waals surface area contributed by atoms with Crippen molar-refractivity contribution in [1.29, 1.82) is 0 Å². The first-order valence-electron chi connectivity index (χ1n) is 19.5. The molecule has 1 N–H and O–H groups in total. The fourth-order valence-corrected chi connectivity index (χ4v) is 10.1. The molecule has 2 aliphatic carbocycles. The number of benzene rings is 6. The lowest BCUT2D eigenvalue weighted by Crippen LogP contribution is -2.33. The average molecular weight is 739 g/mol. The van der Waals surface area contributed by atoms with Crippen molar-refractivity contribution in [1.82, 2.24) is 5.32 Å². The molecule has 0 radical (unpaired) electrons. The van der Waals surface area contributed by atoms with Gasteiger partial charge in [0.1, 0.15) is 12.0 Å². The molecule has 11 rings (SSSR count). The number of nitrogens with one attached hydrogen (secondary N) is 1. The van der Waals surface area contributed by atoms with Gasteiger partial charge >= 0.3 is 0 Å². The summed E-state index contributed by atoms with van der Waals surface area (Å²) in [5.74, 6) is 2.18. The highest BCUT2D eigenvalue weighted by atomic mass is 32.1. The summed E-state index contributed by atoms with van der Waals surface area (Å²) < 4.78 is 1.35. The lowest BCUT2D eigenvalue weighted by atomic mass is 9.86. The molecule has 268 valence electrons. The van der Waals surface area contributed by atoms with E-state index >= 15 is 0 Å². The van der Waals surface area contributed by atoms with E-state index in [-0.39, 0.29) is 12.1 Å². The van der Waals surface area contributed by atoms with Crippen molar-refractivity contribution in [2.45, 2.75) is 30.8 Å². The molecule has 0 amide bonds. The lowest BCUT2D eigenvalue weighted by Gasteiger charge is -2.26. The Labute approximate surface area is 331 Å². The van der Waals surface area contributed by atoms with E-state index in [1.54, 1.807) is 0 Å². The Morgan fingerprint density at radius 2 is 1.41 bits per heavy atom. The first-order chi connectivity index (χ1) is 27.7. The largest absolute Gasteiger partial charge is 0.344 e. The van der Waals surface area contributed by atoms with Gasteiger partial charge in [-0.25, -0.2) is 9.98 Å². The van der Waals surface area contributed by atoms with E-state index in [0.29, 0.717) is 5.92 Å². The van der Waals surface area contributed by atoms with Gasteiger partial charge in [0.25, 0.3) is 0 Å². The zero-order valence-electron chi connectivity index (χ0n) is 30.7. The minimum Gasteiger partial charge on any atom is -0.344 e. The van der Waals surface area contributed by atoms with Crippen LogP contribution in [0.25, 0.3) is 27.3 Å². The van der Waals surface area contributed by atoms with Crippen molar-refractivity contribution in [2.24, 2.45) is 9.98 Å². The number of aliphatic imine (C=N–C) groups is 2. The molecular formula is C51H38N4S. The number of fused-ring (bicyclic) bond motifs is 6.